The molecule has 2 aromatic heterocycles. The predicted molar refractivity (Wildman–Crippen MR) is 122 cm³/mol. The first-order valence-corrected chi connectivity index (χ1v) is 10.2. The number of aryl methyl sites for hydroxylation is 2. The maximum absolute atomic E-state index is 13.4. The van der Waals surface area contributed by atoms with Crippen LogP contribution in [-0.2, 0) is 11.2 Å². The fourth-order valence-electron chi connectivity index (χ4n) is 3.96. The average Bonchev–Trinajstić information content (AvgIpc) is 3.05. The predicted octanol–water partition coefficient (Wildman–Crippen LogP) is 3.44. The van der Waals surface area contributed by atoms with Crippen molar-refractivity contribution in [3.8, 4) is 17.1 Å². The molecule has 8 heteroatoms. The average molecular weight is 432 g/mol. The summed E-state index contributed by atoms with van der Waals surface area (Å²) in [5, 5.41) is 5.85. The first kappa shape index (κ1) is 21.2. The fraction of sp³-hybridized carbons (Fsp3) is 0.208. The van der Waals surface area contributed by atoms with Crippen molar-refractivity contribution in [1.29, 1.82) is 0 Å². The van der Waals surface area contributed by atoms with Crippen LogP contribution in [0.4, 0.5) is 4.79 Å². The van der Waals surface area contributed by atoms with Crippen LogP contribution >= 0.6 is 0 Å². The second-order valence-electron chi connectivity index (χ2n) is 7.44. The van der Waals surface area contributed by atoms with Gasteiger partial charge >= 0.3 is 6.09 Å². The molecule has 0 aliphatic rings. The van der Waals surface area contributed by atoms with Gasteiger partial charge in [-0.25, -0.2) is 4.79 Å². The second-order valence-corrected chi connectivity index (χ2v) is 7.44. The molecule has 4 rings (SSSR count). The minimum absolute atomic E-state index is 0.186. The molecule has 0 aliphatic carbocycles. The number of amides is 1. The van der Waals surface area contributed by atoms with Crippen molar-refractivity contribution in [2.24, 2.45) is 5.73 Å². The molecule has 8 nitrogen and oxygen atoms in total. The molecule has 0 saturated carbocycles. The lowest BCUT2D eigenvalue weighted by atomic mass is 10.1. The maximum Gasteiger partial charge on any atom is 0.404 e. The second kappa shape index (κ2) is 8.58. The Kier molecular flexibility index (Phi) is 5.68. The molecule has 1 amide bonds. The number of nitrogens with two attached hydrogens (primary N) is 1. The maximum atomic E-state index is 13.4. The van der Waals surface area contributed by atoms with Crippen molar-refractivity contribution in [2.75, 3.05) is 13.7 Å². The minimum atomic E-state index is -0.794. The van der Waals surface area contributed by atoms with Crippen molar-refractivity contribution >= 4 is 16.9 Å². The summed E-state index contributed by atoms with van der Waals surface area (Å²) >= 11 is 0. The molecule has 32 heavy (non-hydrogen) atoms. The molecule has 4 aromatic rings. The number of carbonyl (C=O) groups excluding carboxylic acids is 1. The van der Waals surface area contributed by atoms with Gasteiger partial charge in [-0.3, -0.25) is 4.79 Å². The summed E-state index contributed by atoms with van der Waals surface area (Å²) in [4.78, 5) is 24.1. The molecule has 0 saturated heterocycles. The highest BCUT2D eigenvalue weighted by Gasteiger charge is 2.18. The van der Waals surface area contributed by atoms with E-state index in [1.54, 1.807) is 13.3 Å². The van der Waals surface area contributed by atoms with E-state index in [0.29, 0.717) is 17.5 Å². The van der Waals surface area contributed by atoms with Crippen LogP contribution in [0.5, 0.6) is 5.75 Å². The molecule has 0 atom stereocenters. The number of rotatable bonds is 6. The fourth-order valence-corrected chi connectivity index (χ4v) is 3.96. The molecule has 2 heterocycles. The van der Waals surface area contributed by atoms with Crippen LogP contribution < -0.4 is 16.0 Å². The van der Waals surface area contributed by atoms with Crippen molar-refractivity contribution in [3.05, 3.63) is 82.0 Å². The number of nitrogens with zero attached hydrogens (tertiary/aromatic N) is 3. The first-order valence-electron chi connectivity index (χ1n) is 10.2. The number of aromatic nitrogens is 3. The Morgan fingerprint density at radius 2 is 1.81 bits per heavy atom. The van der Waals surface area contributed by atoms with E-state index >= 15 is 0 Å². The number of fused-ring (bicyclic) bond motifs is 1. The van der Waals surface area contributed by atoms with Crippen molar-refractivity contribution in [2.45, 2.75) is 20.3 Å². The van der Waals surface area contributed by atoms with Crippen LogP contribution in [0.1, 0.15) is 17.0 Å². The summed E-state index contributed by atoms with van der Waals surface area (Å²) < 4.78 is 13.6. The highest BCUT2D eigenvalue weighted by atomic mass is 16.5. The number of primary amides is 1. The molecule has 2 N–H and O–H groups in total. The summed E-state index contributed by atoms with van der Waals surface area (Å²) in [6.45, 7) is 4.11. The topological polar surface area (TPSA) is 101 Å². The van der Waals surface area contributed by atoms with Crippen LogP contribution in [0.25, 0.3) is 22.1 Å². The van der Waals surface area contributed by atoms with E-state index in [4.69, 9.17) is 15.2 Å². The highest BCUT2D eigenvalue weighted by molar-refractivity contribution is 5.88. The van der Waals surface area contributed by atoms with E-state index in [1.807, 2.05) is 66.9 Å². The Labute approximate surface area is 184 Å². The van der Waals surface area contributed by atoms with Crippen LogP contribution in [0, 0.1) is 13.8 Å². The lowest BCUT2D eigenvalue weighted by Gasteiger charge is -2.10. The van der Waals surface area contributed by atoms with Crippen LogP contribution in [0.2, 0.25) is 0 Å². The SMILES string of the molecule is COc1cccc(-n2c(C)c3cnn(-c4ccc(CCOC(N)=O)cc4)c(=O)c3c2C)c1. The minimum Gasteiger partial charge on any atom is -0.497 e. The van der Waals surface area contributed by atoms with Gasteiger partial charge in [-0.2, -0.15) is 9.78 Å². The first-order chi connectivity index (χ1) is 15.4. The quantitative estimate of drug-likeness (QED) is 0.503. The largest absolute Gasteiger partial charge is 0.497 e. The lowest BCUT2D eigenvalue weighted by molar-refractivity contribution is 0.158. The summed E-state index contributed by atoms with van der Waals surface area (Å²) in [6.07, 6.45) is 1.47. The van der Waals surface area contributed by atoms with E-state index in [2.05, 4.69) is 5.10 Å². The standard InChI is InChI=1S/C24H24N4O4/c1-15-21-14-26-28(18-9-7-17(8-10-18)11-12-32-24(25)30)23(29)22(21)16(2)27(15)19-5-4-6-20(13-19)31-3/h4-10,13-14H,11-12H2,1-3H3,(H2,25,30). The molecule has 0 unspecified atom stereocenters. The van der Waals surface area contributed by atoms with Crippen LogP contribution in [0.15, 0.2) is 59.5 Å². The van der Waals surface area contributed by atoms with E-state index < -0.39 is 6.09 Å². The number of carbonyl (C=O) groups is 1. The Bertz CT molecular complexity index is 1350. The molecule has 0 fully saturated rings. The van der Waals surface area contributed by atoms with Gasteiger partial charge in [0.15, 0.2) is 0 Å². The van der Waals surface area contributed by atoms with Crippen LogP contribution in [0.3, 0.4) is 0 Å². The molecular weight excluding hydrogens is 408 g/mol. The third-order valence-corrected chi connectivity index (χ3v) is 5.53. The van der Waals surface area contributed by atoms with Crippen molar-refractivity contribution < 1.29 is 14.3 Å². The zero-order valence-electron chi connectivity index (χ0n) is 18.2. The van der Waals surface area contributed by atoms with E-state index in [1.165, 1.54) is 4.68 Å². The number of benzene rings is 2. The van der Waals surface area contributed by atoms with E-state index in [-0.39, 0.29) is 12.2 Å². The number of ether oxygens (including phenoxy) is 2. The van der Waals surface area contributed by atoms with Gasteiger partial charge in [-0.15, -0.1) is 0 Å². The zero-order chi connectivity index (χ0) is 22.8. The van der Waals surface area contributed by atoms with Gasteiger partial charge < -0.3 is 19.8 Å². The van der Waals surface area contributed by atoms with Gasteiger partial charge in [0.05, 0.1) is 31.0 Å². The van der Waals surface area contributed by atoms with Crippen molar-refractivity contribution in [1.82, 2.24) is 14.3 Å². The van der Waals surface area contributed by atoms with Gasteiger partial charge in [0.1, 0.15) is 5.75 Å². The summed E-state index contributed by atoms with van der Waals surface area (Å²) in [5.41, 5.74) is 9.11. The summed E-state index contributed by atoms with van der Waals surface area (Å²) in [5.74, 6) is 0.746. The molecular formula is C24H24N4O4. The van der Waals surface area contributed by atoms with Gasteiger partial charge in [-0.1, -0.05) is 18.2 Å². The normalized spacial score (nSPS) is 11.0. The molecule has 164 valence electrons. The zero-order valence-corrected chi connectivity index (χ0v) is 18.2. The number of hydrogen-bond donors (Lipinski definition) is 1. The highest BCUT2D eigenvalue weighted by Crippen LogP contribution is 2.28. The molecule has 2 aromatic carbocycles. The molecule has 0 aliphatic heterocycles. The monoisotopic (exact) mass is 432 g/mol. The number of methoxy groups -OCH3 is 1. The van der Waals surface area contributed by atoms with Crippen LogP contribution in [-0.4, -0.2) is 34.2 Å². The number of hydrogen-bond acceptors (Lipinski definition) is 5. The third kappa shape index (κ3) is 3.82. The van der Waals surface area contributed by atoms with Gasteiger partial charge in [0.2, 0.25) is 0 Å². The Balaban J connectivity index is 1.74. The lowest BCUT2D eigenvalue weighted by Crippen LogP contribution is -2.21. The summed E-state index contributed by atoms with van der Waals surface area (Å²) in [7, 11) is 1.63. The molecule has 0 spiro atoms. The Morgan fingerprint density at radius 3 is 2.50 bits per heavy atom. The molecule has 0 radical (unpaired) electrons. The van der Waals surface area contributed by atoms with E-state index in [9.17, 15) is 9.59 Å². The van der Waals surface area contributed by atoms with Gasteiger partial charge in [0, 0.05) is 34.9 Å². The van der Waals surface area contributed by atoms with E-state index in [0.717, 1.165) is 33.8 Å². The Hall–Kier alpha value is -4.07. The smallest absolute Gasteiger partial charge is 0.404 e. The van der Waals surface area contributed by atoms with Gasteiger partial charge in [-0.05, 0) is 43.7 Å². The van der Waals surface area contributed by atoms with Gasteiger partial charge in [0.25, 0.3) is 5.56 Å². The molecule has 0 bridgehead atoms. The Morgan fingerprint density at radius 1 is 1.06 bits per heavy atom. The third-order valence-electron chi connectivity index (χ3n) is 5.53. The summed E-state index contributed by atoms with van der Waals surface area (Å²) in [6, 6.07) is 15.1. The van der Waals surface area contributed by atoms with Crippen molar-refractivity contribution in [3.63, 3.8) is 0 Å².